The Labute approximate surface area is 140 Å². The molecule has 1 aliphatic rings. The van der Waals surface area contributed by atoms with E-state index in [1.54, 1.807) is 24.9 Å². The van der Waals surface area contributed by atoms with Crippen LogP contribution in [0, 0.1) is 0 Å². The van der Waals surface area contributed by atoms with Crippen molar-refractivity contribution in [3.05, 3.63) is 36.4 Å². The maximum atomic E-state index is 5.56. The quantitative estimate of drug-likeness (QED) is 0.735. The van der Waals surface area contributed by atoms with E-state index in [0.29, 0.717) is 11.8 Å². The van der Waals surface area contributed by atoms with Crippen LogP contribution in [-0.2, 0) is 0 Å². The van der Waals surface area contributed by atoms with E-state index in [-0.39, 0.29) is 0 Å². The summed E-state index contributed by atoms with van der Waals surface area (Å²) in [6, 6.07) is 3.85. The fourth-order valence-electron chi connectivity index (χ4n) is 3.45. The number of methoxy groups -OCH3 is 2. The van der Waals surface area contributed by atoms with Crippen LogP contribution in [0.2, 0.25) is 0 Å². The van der Waals surface area contributed by atoms with Crippen LogP contribution in [-0.4, -0.2) is 33.8 Å². The fraction of sp³-hybridized carbons (Fsp3) is 0.389. The summed E-state index contributed by atoms with van der Waals surface area (Å²) in [5, 5.41) is 4.44. The van der Waals surface area contributed by atoms with Crippen LogP contribution in [0.1, 0.15) is 37.3 Å². The van der Waals surface area contributed by atoms with Crippen molar-refractivity contribution in [1.29, 1.82) is 0 Å². The van der Waals surface area contributed by atoms with Gasteiger partial charge in [0.15, 0.2) is 11.4 Å². The number of pyridine rings is 1. The third-order valence-electron chi connectivity index (χ3n) is 4.70. The van der Waals surface area contributed by atoms with Crippen LogP contribution in [0.5, 0.6) is 11.6 Å². The number of ether oxygens (including phenoxy) is 2. The van der Waals surface area contributed by atoms with Crippen LogP contribution in [0.15, 0.2) is 30.7 Å². The van der Waals surface area contributed by atoms with Gasteiger partial charge in [-0.25, -0.2) is 14.5 Å². The molecule has 124 valence electrons. The molecule has 4 rings (SSSR count). The molecule has 0 unspecified atom stereocenters. The Balaban J connectivity index is 1.86. The second-order valence-corrected chi connectivity index (χ2v) is 6.09. The van der Waals surface area contributed by atoms with Gasteiger partial charge in [0.1, 0.15) is 0 Å². The summed E-state index contributed by atoms with van der Waals surface area (Å²) in [5.41, 5.74) is 3.85. The molecular weight excluding hydrogens is 304 g/mol. The third kappa shape index (κ3) is 2.48. The fourth-order valence-corrected chi connectivity index (χ4v) is 3.45. The lowest BCUT2D eigenvalue weighted by molar-refractivity contribution is 0.398. The van der Waals surface area contributed by atoms with Crippen molar-refractivity contribution in [3.63, 3.8) is 0 Å². The molecule has 0 spiro atoms. The number of hydrogen-bond acceptors (Lipinski definition) is 5. The Morgan fingerprint density at radius 3 is 2.75 bits per heavy atom. The second-order valence-electron chi connectivity index (χ2n) is 6.09. The van der Waals surface area contributed by atoms with Gasteiger partial charge in [-0.15, -0.1) is 0 Å². The molecule has 0 aromatic carbocycles. The van der Waals surface area contributed by atoms with Gasteiger partial charge < -0.3 is 9.47 Å². The zero-order valence-electron chi connectivity index (χ0n) is 13.9. The highest BCUT2D eigenvalue weighted by molar-refractivity contribution is 5.77. The predicted molar refractivity (Wildman–Crippen MR) is 90.5 cm³/mol. The van der Waals surface area contributed by atoms with Crippen molar-refractivity contribution >= 4 is 5.65 Å². The Morgan fingerprint density at radius 1 is 1.17 bits per heavy atom. The smallest absolute Gasteiger partial charge is 0.213 e. The predicted octanol–water partition coefficient (Wildman–Crippen LogP) is 3.47. The van der Waals surface area contributed by atoms with E-state index < -0.39 is 0 Å². The molecule has 1 saturated carbocycles. The summed E-state index contributed by atoms with van der Waals surface area (Å²) in [6.45, 7) is 0. The third-order valence-corrected chi connectivity index (χ3v) is 4.70. The van der Waals surface area contributed by atoms with E-state index in [1.165, 1.54) is 25.7 Å². The van der Waals surface area contributed by atoms with Crippen LogP contribution < -0.4 is 9.47 Å². The Bertz CT molecular complexity index is 869. The molecule has 0 radical (unpaired) electrons. The number of rotatable bonds is 4. The first kappa shape index (κ1) is 14.9. The molecule has 1 fully saturated rings. The molecule has 3 aromatic rings. The Morgan fingerprint density at radius 2 is 2.00 bits per heavy atom. The lowest BCUT2D eigenvalue weighted by Gasteiger charge is -2.14. The first-order chi connectivity index (χ1) is 11.8. The summed E-state index contributed by atoms with van der Waals surface area (Å²) in [4.78, 5) is 9.10. The summed E-state index contributed by atoms with van der Waals surface area (Å²) in [5.74, 6) is 1.87. The summed E-state index contributed by atoms with van der Waals surface area (Å²) in [7, 11) is 3.31. The summed E-state index contributed by atoms with van der Waals surface area (Å²) < 4.78 is 12.6. The van der Waals surface area contributed by atoms with E-state index in [0.717, 1.165) is 28.2 Å². The molecule has 24 heavy (non-hydrogen) atoms. The van der Waals surface area contributed by atoms with Gasteiger partial charge in [0.05, 0.1) is 32.3 Å². The average molecular weight is 324 g/mol. The normalized spacial score (nSPS) is 15.1. The molecule has 3 heterocycles. The van der Waals surface area contributed by atoms with Gasteiger partial charge in [-0.3, -0.25) is 0 Å². The lowest BCUT2D eigenvalue weighted by atomic mass is 10.0. The highest BCUT2D eigenvalue weighted by Gasteiger charge is 2.24. The lowest BCUT2D eigenvalue weighted by Crippen LogP contribution is -2.04. The zero-order valence-corrected chi connectivity index (χ0v) is 13.9. The van der Waals surface area contributed by atoms with Gasteiger partial charge in [-0.1, -0.05) is 12.8 Å². The van der Waals surface area contributed by atoms with Gasteiger partial charge in [0.2, 0.25) is 5.88 Å². The topological polar surface area (TPSA) is 61.5 Å². The van der Waals surface area contributed by atoms with E-state index >= 15 is 0 Å². The van der Waals surface area contributed by atoms with Crippen LogP contribution in [0.4, 0.5) is 0 Å². The molecule has 0 atom stereocenters. The number of fused-ring (bicyclic) bond motifs is 1. The number of aromatic nitrogens is 4. The maximum absolute atomic E-state index is 5.56. The van der Waals surface area contributed by atoms with Gasteiger partial charge in [-0.2, -0.15) is 5.10 Å². The summed E-state index contributed by atoms with van der Waals surface area (Å²) >= 11 is 0. The van der Waals surface area contributed by atoms with Crippen LogP contribution in [0.3, 0.4) is 0 Å². The maximum Gasteiger partial charge on any atom is 0.213 e. The van der Waals surface area contributed by atoms with Crippen molar-refractivity contribution in [2.24, 2.45) is 0 Å². The van der Waals surface area contributed by atoms with Crippen molar-refractivity contribution in [3.8, 4) is 22.8 Å². The van der Waals surface area contributed by atoms with Crippen molar-refractivity contribution in [2.45, 2.75) is 31.6 Å². The number of hydrogen-bond donors (Lipinski definition) is 0. The van der Waals surface area contributed by atoms with Crippen molar-refractivity contribution in [2.75, 3.05) is 14.2 Å². The molecular formula is C18H20N4O2. The van der Waals surface area contributed by atoms with E-state index in [9.17, 15) is 0 Å². The molecule has 0 aliphatic heterocycles. The van der Waals surface area contributed by atoms with Gasteiger partial charge in [0.25, 0.3) is 0 Å². The van der Waals surface area contributed by atoms with E-state index in [4.69, 9.17) is 14.5 Å². The molecule has 0 saturated heterocycles. The standard InChI is InChI=1S/C18H20N4O2/c1-23-15-11-22-18(21-17(15)12-5-3-4-6-12)14(10-20-22)13-7-8-19-16(9-13)24-2/h7-12H,3-6H2,1-2H3. The van der Waals surface area contributed by atoms with Crippen LogP contribution >= 0.6 is 0 Å². The molecule has 0 N–H and O–H groups in total. The highest BCUT2D eigenvalue weighted by Crippen LogP contribution is 2.38. The minimum atomic E-state index is 0.472. The SMILES string of the molecule is COc1cc(-c2cnn3cc(OC)c(C4CCCC4)nc23)ccn1. The summed E-state index contributed by atoms with van der Waals surface area (Å²) in [6.07, 6.45) is 10.4. The molecule has 3 aromatic heterocycles. The van der Waals surface area contributed by atoms with E-state index in [2.05, 4.69) is 10.1 Å². The highest BCUT2D eigenvalue weighted by atomic mass is 16.5. The van der Waals surface area contributed by atoms with E-state index in [1.807, 2.05) is 24.5 Å². The van der Waals surface area contributed by atoms with Crippen LogP contribution in [0.25, 0.3) is 16.8 Å². The van der Waals surface area contributed by atoms with Gasteiger partial charge in [0, 0.05) is 23.7 Å². The zero-order chi connectivity index (χ0) is 16.5. The minimum absolute atomic E-state index is 0.472. The average Bonchev–Trinajstić information content (AvgIpc) is 3.30. The molecule has 0 bridgehead atoms. The molecule has 6 nitrogen and oxygen atoms in total. The Hall–Kier alpha value is -2.63. The first-order valence-corrected chi connectivity index (χ1v) is 8.23. The Kier molecular flexibility index (Phi) is 3.80. The van der Waals surface area contributed by atoms with Crippen molar-refractivity contribution < 1.29 is 9.47 Å². The first-order valence-electron chi connectivity index (χ1n) is 8.23. The minimum Gasteiger partial charge on any atom is -0.493 e. The largest absolute Gasteiger partial charge is 0.493 e. The molecule has 0 amide bonds. The molecule has 1 aliphatic carbocycles. The van der Waals surface area contributed by atoms with Gasteiger partial charge >= 0.3 is 0 Å². The van der Waals surface area contributed by atoms with Gasteiger partial charge in [-0.05, 0) is 24.5 Å². The second kappa shape index (κ2) is 6.11. The number of nitrogens with zero attached hydrogens (tertiary/aromatic N) is 4. The monoisotopic (exact) mass is 324 g/mol. The van der Waals surface area contributed by atoms with Crippen molar-refractivity contribution in [1.82, 2.24) is 19.6 Å². The molecule has 6 heteroatoms.